The minimum atomic E-state index is 0.138. The number of thiazole rings is 1. The number of rotatable bonds is 5. The Hall–Kier alpha value is -2.25. The molecule has 4 rings (SSSR count). The first-order chi connectivity index (χ1) is 13.6. The number of hydrogen-bond acceptors (Lipinski definition) is 4. The number of carbonyl (C=O) groups excluding carboxylic acids is 2. The van der Waals surface area contributed by atoms with Crippen LogP contribution in [0.1, 0.15) is 29.7 Å². The molecular weight excluding hydrogens is 372 g/mol. The molecule has 2 aliphatic rings. The fraction of sp³-hybridized carbons (Fsp3) is 0.476. The zero-order valence-electron chi connectivity index (χ0n) is 16.3. The van der Waals surface area contributed by atoms with Gasteiger partial charge in [0, 0.05) is 23.9 Å². The molecule has 0 bridgehead atoms. The molecule has 148 valence electrons. The number of hydrogen-bond donors (Lipinski definition) is 1. The molecule has 0 aliphatic carbocycles. The number of carbonyl (C=O) groups is 2. The van der Waals surface area contributed by atoms with Gasteiger partial charge in [-0.1, -0.05) is 24.3 Å². The van der Waals surface area contributed by atoms with Crippen LogP contribution in [-0.2, 0) is 22.6 Å². The van der Waals surface area contributed by atoms with E-state index in [0.29, 0.717) is 12.8 Å². The smallest absolute Gasteiger partial charge is 0.229 e. The second kappa shape index (κ2) is 8.41. The van der Waals surface area contributed by atoms with E-state index in [2.05, 4.69) is 36.2 Å². The molecule has 28 heavy (non-hydrogen) atoms. The molecule has 0 spiro atoms. The van der Waals surface area contributed by atoms with Crippen molar-refractivity contribution in [1.82, 2.24) is 9.88 Å². The van der Waals surface area contributed by atoms with Gasteiger partial charge in [-0.3, -0.25) is 14.5 Å². The molecule has 7 heteroatoms. The Balaban J connectivity index is 1.28. The van der Waals surface area contributed by atoms with E-state index in [0.717, 1.165) is 56.5 Å². The Labute approximate surface area is 169 Å². The van der Waals surface area contributed by atoms with Crippen molar-refractivity contribution >= 4 is 28.3 Å². The van der Waals surface area contributed by atoms with Crippen molar-refractivity contribution < 1.29 is 14.5 Å². The summed E-state index contributed by atoms with van der Waals surface area (Å²) in [4.78, 5) is 34.3. The van der Waals surface area contributed by atoms with Crippen LogP contribution in [0.15, 0.2) is 29.6 Å². The molecule has 2 amide bonds. The van der Waals surface area contributed by atoms with Gasteiger partial charge in [-0.15, -0.1) is 11.3 Å². The van der Waals surface area contributed by atoms with Gasteiger partial charge in [0.25, 0.3) is 0 Å². The molecule has 2 aromatic rings. The van der Waals surface area contributed by atoms with Gasteiger partial charge < -0.3 is 9.80 Å². The third-order valence-corrected chi connectivity index (χ3v) is 6.61. The summed E-state index contributed by atoms with van der Waals surface area (Å²) in [6.07, 6.45) is 1.82. The topological polar surface area (TPSA) is 58.0 Å². The van der Waals surface area contributed by atoms with Crippen molar-refractivity contribution in [1.29, 1.82) is 0 Å². The molecular formula is C21H27N4O2S+. The number of quaternary nitrogens is 1. The van der Waals surface area contributed by atoms with Crippen LogP contribution in [-0.4, -0.2) is 54.4 Å². The molecule has 2 fully saturated rings. The fourth-order valence-electron chi connectivity index (χ4n) is 3.95. The molecule has 1 aromatic carbocycles. The second-order valence-electron chi connectivity index (χ2n) is 7.68. The fourth-order valence-corrected chi connectivity index (χ4v) is 4.81. The maximum Gasteiger partial charge on any atom is 0.229 e. The Morgan fingerprint density at radius 1 is 1.21 bits per heavy atom. The molecule has 0 unspecified atom stereocenters. The van der Waals surface area contributed by atoms with Gasteiger partial charge in [0.2, 0.25) is 11.8 Å². The van der Waals surface area contributed by atoms with Crippen molar-refractivity contribution in [3.05, 3.63) is 46.5 Å². The van der Waals surface area contributed by atoms with E-state index in [1.54, 1.807) is 4.90 Å². The van der Waals surface area contributed by atoms with E-state index in [1.807, 2.05) is 10.3 Å². The summed E-state index contributed by atoms with van der Waals surface area (Å²) in [5.74, 6) is 0.277. The second-order valence-corrected chi connectivity index (χ2v) is 8.52. The molecule has 3 heterocycles. The molecule has 2 saturated heterocycles. The monoisotopic (exact) mass is 399 g/mol. The van der Waals surface area contributed by atoms with Crippen LogP contribution in [0.25, 0.3) is 0 Å². The lowest BCUT2D eigenvalue weighted by molar-refractivity contribution is -0.917. The first-order valence-corrected chi connectivity index (χ1v) is 10.9. The quantitative estimate of drug-likeness (QED) is 0.818. The van der Waals surface area contributed by atoms with Gasteiger partial charge in [-0.25, -0.2) is 4.98 Å². The van der Waals surface area contributed by atoms with E-state index in [9.17, 15) is 9.59 Å². The van der Waals surface area contributed by atoms with Crippen LogP contribution in [0.5, 0.6) is 0 Å². The van der Waals surface area contributed by atoms with Crippen LogP contribution >= 0.6 is 11.3 Å². The van der Waals surface area contributed by atoms with Gasteiger partial charge in [0.15, 0.2) is 5.13 Å². The zero-order chi connectivity index (χ0) is 19.5. The number of benzene rings is 1. The minimum absolute atomic E-state index is 0.138. The maximum atomic E-state index is 12.7. The lowest BCUT2D eigenvalue weighted by atomic mass is 10.1. The number of nitrogens with one attached hydrogen (secondary N) is 1. The summed E-state index contributed by atoms with van der Waals surface area (Å²) < 4.78 is 0. The van der Waals surface area contributed by atoms with Gasteiger partial charge in [-0.05, 0) is 18.9 Å². The Morgan fingerprint density at radius 3 is 2.71 bits per heavy atom. The average molecular weight is 400 g/mol. The van der Waals surface area contributed by atoms with Crippen LogP contribution < -0.4 is 9.80 Å². The van der Waals surface area contributed by atoms with Gasteiger partial charge in [-0.2, -0.15) is 0 Å². The Kier molecular flexibility index (Phi) is 5.73. The lowest BCUT2D eigenvalue weighted by Gasteiger charge is -2.32. The first kappa shape index (κ1) is 19.1. The Morgan fingerprint density at radius 2 is 2.00 bits per heavy atom. The van der Waals surface area contributed by atoms with Crippen LogP contribution in [0.4, 0.5) is 5.13 Å². The summed E-state index contributed by atoms with van der Waals surface area (Å²) in [5.41, 5.74) is 3.51. The van der Waals surface area contributed by atoms with E-state index < -0.39 is 0 Å². The predicted octanol–water partition coefficient (Wildman–Crippen LogP) is 1.05. The van der Waals surface area contributed by atoms with Crippen LogP contribution in [0.2, 0.25) is 0 Å². The molecule has 2 aliphatic heterocycles. The number of aryl methyl sites for hydroxylation is 1. The zero-order valence-corrected chi connectivity index (χ0v) is 17.1. The number of aromatic nitrogens is 1. The highest BCUT2D eigenvalue weighted by Gasteiger charge is 2.27. The summed E-state index contributed by atoms with van der Waals surface area (Å²) in [5, 5.41) is 2.65. The van der Waals surface area contributed by atoms with Crippen LogP contribution in [0.3, 0.4) is 0 Å². The SMILES string of the molecule is Cc1ccccc1C[NH+]1CCN(C(=O)Cc2csc(N3CCCC3=O)n2)CC1. The normalized spacial score (nSPS) is 18.1. The lowest BCUT2D eigenvalue weighted by Crippen LogP contribution is -3.13. The highest BCUT2D eigenvalue weighted by Crippen LogP contribution is 2.25. The molecule has 0 radical (unpaired) electrons. The third-order valence-electron chi connectivity index (χ3n) is 5.70. The number of anilines is 1. The number of amides is 2. The van der Waals surface area contributed by atoms with Crippen molar-refractivity contribution in [2.24, 2.45) is 0 Å². The van der Waals surface area contributed by atoms with E-state index in [4.69, 9.17) is 0 Å². The minimum Gasteiger partial charge on any atom is -0.331 e. The molecule has 0 saturated carbocycles. The summed E-state index contributed by atoms with van der Waals surface area (Å²) in [7, 11) is 0. The van der Waals surface area contributed by atoms with Crippen LogP contribution in [0, 0.1) is 6.92 Å². The summed E-state index contributed by atoms with van der Waals surface area (Å²) >= 11 is 1.46. The van der Waals surface area contributed by atoms with E-state index in [1.165, 1.54) is 27.4 Å². The molecule has 1 aromatic heterocycles. The van der Waals surface area contributed by atoms with Gasteiger partial charge >= 0.3 is 0 Å². The molecule has 0 atom stereocenters. The third kappa shape index (κ3) is 4.25. The average Bonchev–Trinajstić information content (AvgIpc) is 3.33. The van der Waals surface area contributed by atoms with E-state index in [-0.39, 0.29) is 11.8 Å². The van der Waals surface area contributed by atoms with Gasteiger partial charge in [0.05, 0.1) is 38.3 Å². The number of nitrogens with zero attached hydrogens (tertiary/aromatic N) is 3. The largest absolute Gasteiger partial charge is 0.331 e. The van der Waals surface area contributed by atoms with Crippen molar-refractivity contribution in [2.75, 3.05) is 37.6 Å². The molecule has 1 N–H and O–H groups in total. The summed E-state index contributed by atoms with van der Waals surface area (Å²) in [6.45, 7) is 7.46. The number of piperazine rings is 1. The van der Waals surface area contributed by atoms with Crippen molar-refractivity contribution in [2.45, 2.75) is 32.7 Å². The maximum absolute atomic E-state index is 12.7. The molecule has 6 nitrogen and oxygen atoms in total. The Bertz CT molecular complexity index is 858. The standard InChI is InChI=1S/C21H26N4O2S/c1-16-5-2-3-6-17(16)14-23-9-11-24(12-10-23)20(27)13-18-15-28-21(22-18)25-8-4-7-19(25)26/h2-3,5-6,15H,4,7-14H2,1H3/p+1. The van der Waals surface area contributed by atoms with E-state index >= 15 is 0 Å². The predicted molar refractivity (Wildman–Crippen MR) is 110 cm³/mol. The first-order valence-electron chi connectivity index (χ1n) is 10.0. The van der Waals surface area contributed by atoms with Gasteiger partial charge in [0.1, 0.15) is 6.54 Å². The highest BCUT2D eigenvalue weighted by atomic mass is 32.1. The van der Waals surface area contributed by atoms with Crippen molar-refractivity contribution in [3.63, 3.8) is 0 Å². The summed E-state index contributed by atoms with van der Waals surface area (Å²) in [6, 6.07) is 8.53. The van der Waals surface area contributed by atoms with Crippen molar-refractivity contribution in [3.8, 4) is 0 Å². The highest BCUT2D eigenvalue weighted by molar-refractivity contribution is 7.14.